The predicted molar refractivity (Wildman–Crippen MR) is 74.5 cm³/mol. The third kappa shape index (κ3) is 2.74. The maximum atomic E-state index is 11.0. The van der Waals surface area contributed by atoms with Gasteiger partial charge in [-0.2, -0.15) is 0 Å². The Labute approximate surface area is 113 Å². The van der Waals surface area contributed by atoms with Crippen molar-refractivity contribution in [2.75, 3.05) is 0 Å². The Kier molecular flexibility index (Phi) is 3.30. The van der Waals surface area contributed by atoms with Crippen molar-refractivity contribution in [3.63, 3.8) is 0 Å². The number of piperidine rings is 1. The molecule has 0 saturated carbocycles. The molecule has 0 amide bonds. The first kappa shape index (κ1) is 13.9. The lowest BCUT2D eigenvalue weighted by molar-refractivity contribution is -0.0743. The van der Waals surface area contributed by atoms with E-state index in [0.29, 0.717) is 12.8 Å². The molecule has 1 unspecified atom stereocenters. The van der Waals surface area contributed by atoms with E-state index < -0.39 is 5.60 Å². The minimum atomic E-state index is -0.888. The molecule has 4 nitrogen and oxygen atoms in total. The average molecular weight is 269 g/mol. The number of rotatable bonds is 2. The van der Waals surface area contributed by atoms with E-state index in [4.69, 9.17) is 5.73 Å². The number of aromatic nitrogens is 1. The molecule has 2 rings (SSSR count). The van der Waals surface area contributed by atoms with E-state index in [1.165, 1.54) is 11.5 Å². The van der Waals surface area contributed by atoms with Crippen LogP contribution in [0.3, 0.4) is 0 Å². The van der Waals surface area contributed by atoms with E-state index in [0.717, 1.165) is 5.56 Å². The Morgan fingerprint density at radius 2 is 1.89 bits per heavy atom. The Hall–Kier alpha value is -0.490. The molecule has 1 fully saturated rings. The molecule has 0 bridgehead atoms. The monoisotopic (exact) mass is 269 g/mol. The zero-order valence-corrected chi connectivity index (χ0v) is 12.3. The zero-order chi connectivity index (χ0) is 13.6. The van der Waals surface area contributed by atoms with E-state index in [1.807, 2.05) is 5.38 Å². The number of hydrogen-bond acceptors (Lipinski definition) is 5. The Morgan fingerprint density at radius 1 is 1.33 bits per heavy atom. The molecular formula is C13H23N3OS. The standard InChI is InChI=1S/C13H23N3OS/c1-11(2)7-13(17,8-12(3,4)16-11)10(14)9-5-15-18-6-9/h5-6,10,16-17H,7-8,14H2,1-4H3. The van der Waals surface area contributed by atoms with Gasteiger partial charge in [-0.1, -0.05) is 0 Å². The van der Waals surface area contributed by atoms with Crippen molar-refractivity contribution in [1.29, 1.82) is 0 Å². The van der Waals surface area contributed by atoms with Crippen LogP contribution in [0.2, 0.25) is 0 Å². The van der Waals surface area contributed by atoms with Crippen molar-refractivity contribution in [3.8, 4) is 0 Å². The summed E-state index contributed by atoms with van der Waals surface area (Å²) < 4.78 is 4.08. The van der Waals surface area contributed by atoms with Gasteiger partial charge in [0, 0.05) is 28.2 Å². The summed E-state index contributed by atoms with van der Waals surface area (Å²) in [6.07, 6.45) is 3.04. The number of nitrogens with zero attached hydrogens (tertiary/aromatic N) is 1. The van der Waals surface area contributed by atoms with Gasteiger partial charge in [0.25, 0.3) is 0 Å². The molecule has 1 aromatic rings. The first-order valence-electron chi connectivity index (χ1n) is 6.30. The predicted octanol–water partition coefficient (Wildman–Crippen LogP) is 1.81. The van der Waals surface area contributed by atoms with Gasteiger partial charge in [-0.25, -0.2) is 4.37 Å². The highest BCUT2D eigenvalue weighted by Crippen LogP contribution is 2.42. The summed E-state index contributed by atoms with van der Waals surface area (Å²) in [7, 11) is 0. The summed E-state index contributed by atoms with van der Waals surface area (Å²) >= 11 is 1.37. The molecule has 1 saturated heterocycles. The Morgan fingerprint density at radius 3 is 2.33 bits per heavy atom. The minimum Gasteiger partial charge on any atom is -0.388 e. The summed E-state index contributed by atoms with van der Waals surface area (Å²) in [5, 5.41) is 16.5. The molecule has 5 heteroatoms. The molecular weight excluding hydrogens is 246 g/mol. The van der Waals surface area contributed by atoms with Crippen molar-refractivity contribution in [3.05, 3.63) is 17.1 Å². The Balaban J connectivity index is 2.29. The first-order valence-corrected chi connectivity index (χ1v) is 7.14. The fraction of sp³-hybridized carbons (Fsp3) is 0.769. The van der Waals surface area contributed by atoms with Crippen molar-refractivity contribution in [2.24, 2.45) is 5.73 Å². The minimum absolute atomic E-state index is 0.127. The SMILES string of the molecule is CC1(C)CC(O)(C(N)c2cnsc2)CC(C)(C)N1. The van der Waals surface area contributed by atoms with E-state index in [9.17, 15) is 5.11 Å². The van der Waals surface area contributed by atoms with Gasteiger partial charge in [0.1, 0.15) is 0 Å². The van der Waals surface area contributed by atoms with Crippen LogP contribution in [0, 0.1) is 0 Å². The second-order valence-electron chi connectivity index (χ2n) is 6.79. The van der Waals surface area contributed by atoms with Crippen LogP contribution in [0.1, 0.15) is 52.1 Å². The van der Waals surface area contributed by atoms with Crippen molar-refractivity contribution >= 4 is 11.5 Å². The van der Waals surface area contributed by atoms with E-state index >= 15 is 0 Å². The zero-order valence-electron chi connectivity index (χ0n) is 11.5. The Bertz CT molecular complexity index is 398. The van der Waals surface area contributed by atoms with Crippen LogP contribution in [-0.4, -0.2) is 26.2 Å². The summed E-state index contributed by atoms with van der Waals surface area (Å²) in [5.74, 6) is 0. The van der Waals surface area contributed by atoms with Gasteiger partial charge in [0.2, 0.25) is 0 Å². The summed E-state index contributed by atoms with van der Waals surface area (Å²) in [5.41, 5.74) is 6.06. The maximum Gasteiger partial charge on any atom is 0.0875 e. The molecule has 0 spiro atoms. The molecule has 18 heavy (non-hydrogen) atoms. The molecule has 4 N–H and O–H groups in total. The largest absolute Gasteiger partial charge is 0.388 e. The van der Waals surface area contributed by atoms with Gasteiger partial charge in [0.05, 0.1) is 11.6 Å². The maximum absolute atomic E-state index is 11.0. The van der Waals surface area contributed by atoms with Gasteiger partial charge in [-0.3, -0.25) is 0 Å². The van der Waals surface area contributed by atoms with Crippen molar-refractivity contribution in [1.82, 2.24) is 9.69 Å². The summed E-state index contributed by atoms with van der Waals surface area (Å²) in [6.45, 7) is 8.43. The number of aliphatic hydroxyl groups is 1. The van der Waals surface area contributed by atoms with Crippen molar-refractivity contribution in [2.45, 2.75) is 63.3 Å². The van der Waals surface area contributed by atoms with Gasteiger partial charge in [0.15, 0.2) is 0 Å². The van der Waals surface area contributed by atoms with Crippen LogP contribution < -0.4 is 11.1 Å². The van der Waals surface area contributed by atoms with Gasteiger partial charge < -0.3 is 16.2 Å². The molecule has 0 radical (unpaired) electrons. The van der Waals surface area contributed by atoms with E-state index in [2.05, 4.69) is 37.4 Å². The van der Waals surface area contributed by atoms with Crippen LogP contribution >= 0.6 is 11.5 Å². The number of hydrogen-bond donors (Lipinski definition) is 3. The van der Waals surface area contributed by atoms with Crippen LogP contribution in [0.25, 0.3) is 0 Å². The van der Waals surface area contributed by atoms with E-state index in [1.54, 1.807) is 6.20 Å². The third-order valence-corrected chi connectivity index (χ3v) is 4.17. The van der Waals surface area contributed by atoms with Gasteiger partial charge in [-0.05, 0) is 52.1 Å². The fourth-order valence-corrected chi connectivity index (χ4v) is 4.07. The fourth-order valence-electron chi connectivity index (χ4n) is 3.49. The smallest absolute Gasteiger partial charge is 0.0875 e. The van der Waals surface area contributed by atoms with Gasteiger partial charge >= 0.3 is 0 Å². The second kappa shape index (κ2) is 4.27. The van der Waals surface area contributed by atoms with Crippen molar-refractivity contribution < 1.29 is 5.11 Å². The molecule has 0 aromatic carbocycles. The molecule has 2 heterocycles. The van der Waals surface area contributed by atoms with Crippen LogP contribution in [0.4, 0.5) is 0 Å². The molecule has 0 aliphatic carbocycles. The second-order valence-corrected chi connectivity index (χ2v) is 7.44. The highest BCUT2D eigenvalue weighted by molar-refractivity contribution is 7.03. The highest BCUT2D eigenvalue weighted by Gasteiger charge is 2.49. The summed E-state index contributed by atoms with van der Waals surface area (Å²) in [6, 6.07) is -0.378. The van der Waals surface area contributed by atoms with Gasteiger partial charge in [-0.15, -0.1) is 0 Å². The molecule has 102 valence electrons. The first-order chi connectivity index (χ1) is 8.14. The number of nitrogens with two attached hydrogens (primary N) is 1. The molecule has 1 aromatic heterocycles. The highest BCUT2D eigenvalue weighted by atomic mass is 32.1. The normalized spacial score (nSPS) is 26.8. The lowest BCUT2D eigenvalue weighted by Crippen LogP contribution is -2.65. The average Bonchev–Trinajstić information content (AvgIpc) is 2.62. The third-order valence-electron chi connectivity index (χ3n) is 3.56. The lowest BCUT2D eigenvalue weighted by atomic mass is 9.69. The van der Waals surface area contributed by atoms with E-state index in [-0.39, 0.29) is 17.1 Å². The topological polar surface area (TPSA) is 71.2 Å². The quantitative estimate of drug-likeness (QED) is 0.766. The molecule has 1 atom stereocenters. The molecule has 1 aliphatic rings. The number of nitrogens with one attached hydrogen (secondary N) is 1. The van der Waals surface area contributed by atoms with Crippen LogP contribution in [-0.2, 0) is 0 Å². The summed E-state index contributed by atoms with van der Waals surface area (Å²) in [4.78, 5) is 0. The molecule has 1 aliphatic heterocycles. The van der Waals surface area contributed by atoms with Crippen LogP contribution in [0.15, 0.2) is 11.6 Å². The lowest BCUT2D eigenvalue weighted by Gasteiger charge is -2.52. The van der Waals surface area contributed by atoms with Crippen LogP contribution in [0.5, 0.6) is 0 Å².